The molecule has 2 amide bonds. The molecule has 2 N–H and O–H groups in total. The lowest BCUT2D eigenvalue weighted by Crippen LogP contribution is -2.35. The molecule has 1 aromatic heterocycles. The smallest absolute Gasteiger partial charge is 0.333 e. The van der Waals surface area contributed by atoms with Crippen molar-refractivity contribution in [3.05, 3.63) is 83.4 Å². The summed E-state index contributed by atoms with van der Waals surface area (Å²) in [7, 11) is 0. The number of carbonyl (C=O) groups excluding carboxylic acids is 3. The van der Waals surface area contributed by atoms with Gasteiger partial charge in [0.25, 0.3) is 11.8 Å². The molecule has 32 heavy (non-hydrogen) atoms. The Labute approximate surface area is 187 Å². The molecule has 1 atom stereocenters. The molecule has 1 unspecified atom stereocenters. The van der Waals surface area contributed by atoms with Crippen LogP contribution >= 0.6 is 11.8 Å². The van der Waals surface area contributed by atoms with E-state index in [9.17, 15) is 18.8 Å². The molecule has 2 aromatic carbocycles. The number of amides is 2. The van der Waals surface area contributed by atoms with Crippen LogP contribution in [0.2, 0.25) is 0 Å². The number of esters is 1. The Morgan fingerprint density at radius 1 is 1.12 bits per heavy atom. The molecule has 0 fully saturated rings. The van der Waals surface area contributed by atoms with Crippen LogP contribution in [0.3, 0.4) is 0 Å². The van der Waals surface area contributed by atoms with Gasteiger partial charge >= 0.3 is 5.97 Å². The topological polar surface area (TPSA) is 97.4 Å². The third-order valence-corrected chi connectivity index (χ3v) is 5.89. The summed E-state index contributed by atoms with van der Waals surface area (Å²) in [5.74, 6) is -2.09. The lowest BCUT2D eigenvalue weighted by Gasteiger charge is -2.18. The third-order valence-electron chi connectivity index (χ3n) is 4.73. The zero-order valence-corrected chi connectivity index (χ0v) is 17.7. The Bertz CT molecular complexity index is 1200. The fourth-order valence-corrected chi connectivity index (χ4v) is 4.20. The van der Waals surface area contributed by atoms with Gasteiger partial charge in [-0.05, 0) is 61.0 Å². The first-order valence-corrected chi connectivity index (χ1v) is 10.6. The van der Waals surface area contributed by atoms with E-state index in [1.54, 1.807) is 37.3 Å². The van der Waals surface area contributed by atoms with Gasteiger partial charge in [0.2, 0.25) is 0 Å². The van der Waals surface area contributed by atoms with Gasteiger partial charge in [0, 0.05) is 27.7 Å². The number of nitrogens with one attached hydrogen (secondary N) is 2. The van der Waals surface area contributed by atoms with Crippen molar-refractivity contribution in [3.63, 3.8) is 0 Å². The maximum Gasteiger partial charge on any atom is 0.333 e. The SMILES string of the molecule is CCOC(=O)C(NC(=O)c1ccc2c(c1)NC(=O)c1cc(F)ccc1S2)c1ccncc1. The highest BCUT2D eigenvalue weighted by molar-refractivity contribution is 7.99. The van der Waals surface area contributed by atoms with E-state index in [1.807, 2.05) is 0 Å². The zero-order valence-electron chi connectivity index (χ0n) is 16.9. The zero-order chi connectivity index (χ0) is 22.7. The number of benzene rings is 2. The highest BCUT2D eigenvalue weighted by Crippen LogP contribution is 2.39. The van der Waals surface area contributed by atoms with E-state index in [-0.39, 0.29) is 17.7 Å². The molecule has 1 aliphatic rings. The Hall–Kier alpha value is -3.72. The van der Waals surface area contributed by atoms with Gasteiger partial charge in [-0.1, -0.05) is 11.8 Å². The predicted molar refractivity (Wildman–Crippen MR) is 116 cm³/mol. The van der Waals surface area contributed by atoms with Crippen molar-refractivity contribution < 1.29 is 23.5 Å². The molecular weight excluding hydrogens is 433 g/mol. The summed E-state index contributed by atoms with van der Waals surface area (Å²) < 4.78 is 18.7. The Balaban J connectivity index is 1.60. The standard InChI is InChI=1S/C23H18FN3O4S/c1-2-31-23(30)20(13-7-9-25-10-8-13)27-21(28)14-3-5-19-17(11-14)26-22(29)16-12-15(24)4-6-18(16)32-19/h3-12,20H,2H2,1H3,(H,26,29)(H,27,28). The van der Waals surface area contributed by atoms with Crippen LogP contribution in [0.15, 0.2) is 70.7 Å². The first-order valence-electron chi connectivity index (χ1n) is 9.76. The molecule has 0 radical (unpaired) electrons. The number of hydrogen-bond acceptors (Lipinski definition) is 6. The first-order chi connectivity index (χ1) is 15.5. The van der Waals surface area contributed by atoms with Crippen LogP contribution < -0.4 is 10.6 Å². The van der Waals surface area contributed by atoms with Crippen molar-refractivity contribution >= 4 is 35.2 Å². The van der Waals surface area contributed by atoms with Gasteiger partial charge in [0.1, 0.15) is 5.82 Å². The van der Waals surface area contributed by atoms with Gasteiger partial charge in [0.05, 0.1) is 17.9 Å². The highest BCUT2D eigenvalue weighted by atomic mass is 32.2. The molecule has 0 spiro atoms. The second-order valence-corrected chi connectivity index (χ2v) is 7.93. The fraction of sp³-hybridized carbons (Fsp3) is 0.130. The second-order valence-electron chi connectivity index (χ2n) is 6.85. The number of fused-ring (bicyclic) bond motifs is 2. The molecule has 7 nitrogen and oxygen atoms in total. The van der Waals surface area contributed by atoms with E-state index in [0.717, 1.165) is 0 Å². The number of anilines is 1. The first kappa shape index (κ1) is 21.5. The molecule has 2 heterocycles. The number of carbonyl (C=O) groups is 3. The monoisotopic (exact) mass is 451 g/mol. The quantitative estimate of drug-likeness (QED) is 0.570. The summed E-state index contributed by atoms with van der Waals surface area (Å²) >= 11 is 1.30. The summed E-state index contributed by atoms with van der Waals surface area (Å²) in [5, 5.41) is 5.40. The fourth-order valence-electron chi connectivity index (χ4n) is 3.21. The van der Waals surface area contributed by atoms with Crippen molar-refractivity contribution in [2.45, 2.75) is 22.8 Å². The minimum absolute atomic E-state index is 0.166. The number of hydrogen-bond donors (Lipinski definition) is 2. The van der Waals surface area contributed by atoms with Gasteiger partial charge in [0.15, 0.2) is 6.04 Å². The largest absolute Gasteiger partial charge is 0.464 e. The van der Waals surface area contributed by atoms with E-state index in [0.29, 0.717) is 21.0 Å². The van der Waals surface area contributed by atoms with Gasteiger partial charge < -0.3 is 15.4 Å². The Morgan fingerprint density at radius 3 is 2.62 bits per heavy atom. The predicted octanol–water partition coefficient (Wildman–Crippen LogP) is 3.97. The molecule has 0 saturated carbocycles. The number of aromatic nitrogens is 1. The van der Waals surface area contributed by atoms with Gasteiger partial charge in [-0.3, -0.25) is 14.6 Å². The van der Waals surface area contributed by atoms with Crippen LogP contribution in [0.5, 0.6) is 0 Å². The second kappa shape index (κ2) is 9.19. The van der Waals surface area contributed by atoms with Crippen LogP contribution in [-0.4, -0.2) is 29.4 Å². The highest BCUT2D eigenvalue weighted by Gasteiger charge is 2.26. The summed E-state index contributed by atoms with van der Waals surface area (Å²) in [6, 6.07) is 11.0. The third kappa shape index (κ3) is 4.47. The number of rotatable bonds is 5. The summed E-state index contributed by atoms with van der Waals surface area (Å²) in [6.07, 6.45) is 3.03. The minimum atomic E-state index is -1.01. The Morgan fingerprint density at radius 2 is 1.88 bits per heavy atom. The van der Waals surface area contributed by atoms with Crippen molar-refractivity contribution in [2.75, 3.05) is 11.9 Å². The number of nitrogens with zero attached hydrogens (tertiary/aromatic N) is 1. The molecule has 0 bridgehead atoms. The van der Waals surface area contributed by atoms with E-state index >= 15 is 0 Å². The van der Waals surface area contributed by atoms with E-state index < -0.39 is 29.6 Å². The van der Waals surface area contributed by atoms with Gasteiger partial charge in [-0.25, -0.2) is 9.18 Å². The molecule has 1 aliphatic heterocycles. The maximum atomic E-state index is 13.6. The lowest BCUT2D eigenvalue weighted by atomic mass is 10.1. The number of pyridine rings is 1. The summed E-state index contributed by atoms with van der Waals surface area (Å²) in [4.78, 5) is 43.2. The van der Waals surface area contributed by atoms with Gasteiger partial charge in [-0.15, -0.1) is 0 Å². The van der Waals surface area contributed by atoms with Crippen molar-refractivity contribution in [3.8, 4) is 0 Å². The average molecular weight is 451 g/mol. The summed E-state index contributed by atoms with van der Waals surface area (Å²) in [6.45, 7) is 1.85. The van der Waals surface area contributed by atoms with Crippen LogP contribution in [0, 0.1) is 5.82 Å². The molecule has 0 saturated heterocycles. The Kier molecular flexibility index (Phi) is 6.18. The normalized spacial score (nSPS) is 13.1. The molecule has 4 rings (SSSR count). The van der Waals surface area contributed by atoms with Crippen molar-refractivity contribution in [1.29, 1.82) is 0 Å². The molecule has 0 aliphatic carbocycles. The molecule has 9 heteroatoms. The maximum absolute atomic E-state index is 13.6. The van der Waals surface area contributed by atoms with Crippen molar-refractivity contribution in [2.24, 2.45) is 0 Å². The minimum Gasteiger partial charge on any atom is -0.464 e. The molecule has 162 valence electrons. The van der Waals surface area contributed by atoms with Crippen molar-refractivity contribution in [1.82, 2.24) is 10.3 Å². The van der Waals surface area contributed by atoms with Crippen LogP contribution in [0.4, 0.5) is 10.1 Å². The summed E-state index contributed by atoms with van der Waals surface area (Å²) in [5.41, 5.74) is 1.41. The number of ether oxygens (including phenoxy) is 1. The van der Waals surface area contributed by atoms with Gasteiger partial charge in [-0.2, -0.15) is 0 Å². The van der Waals surface area contributed by atoms with Crippen LogP contribution in [0.1, 0.15) is 39.2 Å². The lowest BCUT2D eigenvalue weighted by molar-refractivity contribution is -0.145. The molecule has 3 aromatic rings. The van der Waals surface area contributed by atoms with E-state index in [2.05, 4.69) is 15.6 Å². The van der Waals surface area contributed by atoms with Crippen LogP contribution in [-0.2, 0) is 9.53 Å². The van der Waals surface area contributed by atoms with Crippen LogP contribution in [0.25, 0.3) is 0 Å². The van der Waals surface area contributed by atoms with E-state index in [4.69, 9.17) is 4.74 Å². The van der Waals surface area contributed by atoms with E-state index in [1.165, 1.54) is 42.4 Å². The average Bonchev–Trinajstić information content (AvgIpc) is 2.93. The molecular formula is C23H18FN3O4S. The number of halogens is 1.